The van der Waals surface area contributed by atoms with E-state index in [0.717, 1.165) is 23.4 Å². The van der Waals surface area contributed by atoms with Crippen LogP contribution in [-0.4, -0.2) is 23.7 Å². The van der Waals surface area contributed by atoms with Crippen LogP contribution < -0.4 is 4.90 Å². The van der Waals surface area contributed by atoms with Crippen LogP contribution >= 0.6 is 11.6 Å². The molecule has 21 heavy (non-hydrogen) atoms. The van der Waals surface area contributed by atoms with Gasteiger partial charge >= 0.3 is 5.97 Å². The van der Waals surface area contributed by atoms with Crippen LogP contribution in [-0.2, 0) is 0 Å². The van der Waals surface area contributed by atoms with E-state index in [1.807, 2.05) is 13.8 Å². The Labute approximate surface area is 131 Å². The highest BCUT2D eigenvalue weighted by molar-refractivity contribution is 6.34. The van der Waals surface area contributed by atoms with Crippen molar-refractivity contribution in [1.29, 1.82) is 0 Å². The van der Waals surface area contributed by atoms with E-state index in [1.54, 1.807) is 6.07 Å². The van der Waals surface area contributed by atoms with Gasteiger partial charge in [-0.1, -0.05) is 30.9 Å². The number of anilines is 1. The molecule has 0 spiro atoms. The molecule has 1 fully saturated rings. The van der Waals surface area contributed by atoms with Gasteiger partial charge in [-0.15, -0.1) is 0 Å². The summed E-state index contributed by atoms with van der Waals surface area (Å²) in [6, 6.07) is 2.15. The van der Waals surface area contributed by atoms with Gasteiger partial charge in [-0.25, -0.2) is 4.79 Å². The molecule has 0 aliphatic heterocycles. The number of hydrogen-bond donors (Lipinski definition) is 1. The lowest BCUT2D eigenvalue weighted by atomic mass is 9.92. The summed E-state index contributed by atoms with van der Waals surface area (Å²) in [5.74, 6) is -0.881. The van der Waals surface area contributed by atoms with Crippen LogP contribution in [0.5, 0.6) is 0 Å². The first-order valence-corrected chi connectivity index (χ1v) is 8.14. The molecule has 116 valence electrons. The normalized spacial score (nSPS) is 16.0. The van der Waals surface area contributed by atoms with Gasteiger partial charge < -0.3 is 10.0 Å². The van der Waals surface area contributed by atoms with E-state index in [2.05, 4.69) is 11.8 Å². The summed E-state index contributed by atoms with van der Waals surface area (Å²) in [5, 5.41) is 10.1. The molecule has 1 saturated carbocycles. The number of carboxylic acids is 1. The molecule has 0 bridgehead atoms. The van der Waals surface area contributed by atoms with E-state index in [0.29, 0.717) is 16.6 Å². The molecule has 1 aliphatic rings. The summed E-state index contributed by atoms with van der Waals surface area (Å²) in [6.07, 6.45) is 6.12. The van der Waals surface area contributed by atoms with Gasteiger partial charge in [0.05, 0.1) is 16.3 Å². The summed E-state index contributed by atoms with van der Waals surface area (Å²) in [7, 11) is 0. The number of aromatic carboxylic acids is 1. The fourth-order valence-electron chi connectivity index (χ4n) is 3.42. The Kier molecular flexibility index (Phi) is 5.15. The number of halogens is 1. The zero-order chi connectivity index (χ0) is 15.6. The number of nitrogens with zero attached hydrogens (tertiary/aromatic N) is 1. The third-order valence-corrected chi connectivity index (χ3v) is 5.03. The van der Waals surface area contributed by atoms with Crippen molar-refractivity contribution in [3.63, 3.8) is 0 Å². The molecule has 3 nitrogen and oxygen atoms in total. The topological polar surface area (TPSA) is 40.5 Å². The fraction of sp³-hybridized carbons (Fsp3) is 0.588. The Morgan fingerprint density at radius 3 is 2.48 bits per heavy atom. The van der Waals surface area contributed by atoms with Crippen molar-refractivity contribution >= 4 is 23.3 Å². The fourth-order valence-corrected chi connectivity index (χ4v) is 3.73. The number of carbonyl (C=O) groups is 1. The summed E-state index contributed by atoms with van der Waals surface area (Å²) in [6.45, 7) is 6.73. The molecule has 0 saturated heterocycles. The van der Waals surface area contributed by atoms with E-state index in [-0.39, 0.29) is 0 Å². The van der Waals surface area contributed by atoms with Crippen LogP contribution in [0.4, 0.5) is 5.69 Å². The van der Waals surface area contributed by atoms with E-state index in [4.69, 9.17) is 11.6 Å². The maximum Gasteiger partial charge on any atom is 0.336 e. The number of carboxylic acid groups (broad SMARTS) is 1. The van der Waals surface area contributed by atoms with Crippen LogP contribution in [0.15, 0.2) is 6.07 Å². The van der Waals surface area contributed by atoms with Gasteiger partial charge in [-0.3, -0.25) is 0 Å². The second-order valence-electron chi connectivity index (χ2n) is 5.91. The maximum atomic E-state index is 11.5. The van der Waals surface area contributed by atoms with Crippen molar-refractivity contribution in [3.8, 4) is 0 Å². The minimum atomic E-state index is -0.881. The van der Waals surface area contributed by atoms with E-state index >= 15 is 0 Å². The number of aryl methyl sites for hydroxylation is 1. The second kappa shape index (κ2) is 6.69. The Morgan fingerprint density at radius 2 is 1.95 bits per heavy atom. The molecule has 0 heterocycles. The number of hydrogen-bond acceptors (Lipinski definition) is 2. The first-order chi connectivity index (χ1) is 9.97. The van der Waals surface area contributed by atoms with Gasteiger partial charge in [-0.2, -0.15) is 0 Å². The Bertz CT molecular complexity index is 536. The second-order valence-corrected chi connectivity index (χ2v) is 6.29. The van der Waals surface area contributed by atoms with E-state index in [1.165, 1.54) is 32.1 Å². The molecule has 1 aromatic rings. The number of rotatable bonds is 4. The summed E-state index contributed by atoms with van der Waals surface area (Å²) in [4.78, 5) is 13.8. The Hall–Kier alpha value is -1.22. The molecule has 0 atom stereocenters. The monoisotopic (exact) mass is 309 g/mol. The Morgan fingerprint density at radius 1 is 1.33 bits per heavy atom. The third-order valence-electron chi connectivity index (χ3n) is 4.55. The van der Waals surface area contributed by atoms with E-state index < -0.39 is 5.97 Å². The van der Waals surface area contributed by atoms with Crippen molar-refractivity contribution in [2.75, 3.05) is 11.4 Å². The predicted octanol–water partition coefficient (Wildman–Crippen LogP) is 4.81. The average molecular weight is 310 g/mol. The Balaban J connectivity index is 2.51. The molecule has 2 rings (SSSR count). The van der Waals surface area contributed by atoms with Crippen LogP contribution in [0.3, 0.4) is 0 Å². The molecule has 0 radical (unpaired) electrons. The van der Waals surface area contributed by atoms with Crippen LogP contribution in [0, 0.1) is 13.8 Å². The van der Waals surface area contributed by atoms with Crippen molar-refractivity contribution in [1.82, 2.24) is 0 Å². The average Bonchev–Trinajstić information content (AvgIpc) is 2.48. The summed E-state index contributed by atoms with van der Waals surface area (Å²) >= 11 is 6.53. The first-order valence-electron chi connectivity index (χ1n) is 7.77. The smallest absolute Gasteiger partial charge is 0.336 e. The standard InChI is InChI=1S/C17H24ClNO2/c1-4-19(13-8-6-5-7-9-13)16-12(3)14(17(20)21)10-11(2)15(16)18/h10,13H,4-9H2,1-3H3,(H,20,21). The van der Waals surface area contributed by atoms with Crippen molar-refractivity contribution in [2.24, 2.45) is 0 Å². The molecule has 1 N–H and O–H groups in total. The lowest BCUT2D eigenvalue weighted by Crippen LogP contribution is -2.37. The highest BCUT2D eigenvalue weighted by atomic mass is 35.5. The number of benzene rings is 1. The quantitative estimate of drug-likeness (QED) is 0.867. The summed E-state index contributed by atoms with van der Waals surface area (Å²) < 4.78 is 0. The highest BCUT2D eigenvalue weighted by Gasteiger charge is 2.26. The highest BCUT2D eigenvalue weighted by Crippen LogP contribution is 2.38. The SMILES string of the molecule is CCN(c1c(C)c(C(=O)O)cc(C)c1Cl)C1CCCCC1. The molecule has 0 amide bonds. The first kappa shape index (κ1) is 16.2. The minimum absolute atomic E-state index is 0.362. The molecular weight excluding hydrogens is 286 g/mol. The predicted molar refractivity (Wildman–Crippen MR) is 87.8 cm³/mol. The lowest BCUT2D eigenvalue weighted by molar-refractivity contribution is 0.0696. The zero-order valence-corrected chi connectivity index (χ0v) is 13.8. The van der Waals surface area contributed by atoms with Crippen LogP contribution in [0.25, 0.3) is 0 Å². The van der Waals surface area contributed by atoms with Gasteiger partial charge in [0.15, 0.2) is 0 Å². The largest absolute Gasteiger partial charge is 0.478 e. The van der Waals surface area contributed by atoms with Crippen molar-refractivity contribution in [3.05, 3.63) is 27.8 Å². The molecular formula is C17H24ClNO2. The molecule has 1 aromatic carbocycles. The lowest BCUT2D eigenvalue weighted by Gasteiger charge is -2.37. The van der Waals surface area contributed by atoms with Gasteiger partial charge in [0.25, 0.3) is 0 Å². The van der Waals surface area contributed by atoms with Crippen LogP contribution in [0.2, 0.25) is 5.02 Å². The van der Waals surface area contributed by atoms with Gasteiger partial charge in [0.2, 0.25) is 0 Å². The molecule has 0 unspecified atom stereocenters. The van der Waals surface area contributed by atoms with Gasteiger partial charge in [0, 0.05) is 12.6 Å². The van der Waals surface area contributed by atoms with Crippen molar-refractivity contribution in [2.45, 2.75) is 58.9 Å². The van der Waals surface area contributed by atoms with Crippen molar-refractivity contribution < 1.29 is 9.90 Å². The maximum absolute atomic E-state index is 11.5. The molecule has 0 aromatic heterocycles. The van der Waals surface area contributed by atoms with Gasteiger partial charge in [-0.05, 0) is 50.8 Å². The van der Waals surface area contributed by atoms with E-state index in [9.17, 15) is 9.90 Å². The third kappa shape index (κ3) is 3.18. The molecule has 4 heteroatoms. The molecule has 1 aliphatic carbocycles. The summed E-state index contributed by atoms with van der Waals surface area (Å²) in [5.41, 5.74) is 2.90. The minimum Gasteiger partial charge on any atom is -0.478 e. The van der Waals surface area contributed by atoms with Crippen LogP contribution in [0.1, 0.15) is 60.5 Å². The van der Waals surface area contributed by atoms with Gasteiger partial charge in [0.1, 0.15) is 0 Å². The zero-order valence-electron chi connectivity index (χ0n) is 13.1.